The highest BCUT2D eigenvalue weighted by Crippen LogP contribution is 2.38. The van der Waals surface area contributed by atoms with Crippen molar-refractivity contribution < 1.29 is 203 Å². The highest BCUT2D eigenvalue weighted by atomic mass is 16.8. The lowest BCUT2D eigenvalue weighted by Gasteiger charge is -2.51. The zero-order valence-electron chi connectivity index (χ0n) is 52.4. The number of ether oxygens (including phenoxy) is 15. The van der Waals surface area contributed by atoms with Gasteiger partial charge < -0.3 is 204 Å². The van der Waals surface area contributed by atoms with Crippen LogP contribution in [0.1, 0.15) is 20.8 Å². The molecule has 0 aliphatic carbocycles. The summed E-state index contributed by atoms with van der Waals surface area (Å²) in [7, 11) is 0. The molecule has 0 spiro atoms. The van der Waals surface area contributed by atoms with Gasteiger partial charge in [0.15, 0.2) is 50.3 Å². The summed E-state index contributed by atoms with van der Waals surface area (Å²) in [6, 6.07) is -5.38. The lowest BCUT2D eigenvalue weighted by atomic mass is 9.93. The quantitative estimate of drug-likeness (QED) is 0.0404. The average molecular weight is 1440 g/mol. The maximum absolute atomic E-state index is 12.8. The van der Waals surface area contributed by atoms with Crippen LogP contribution in [0, 0.1) is 0 Å². The van der Waals surface area contributed by atoms with Crippen molar-refractivity contribution >= 4 is 17.7 Å². The fourth-order valence-electron chi connectivity index (χ4n) is 12.5. The minimum absolute atomic E-state index is 0.764. The van der Waals surface area contributed by atoms with Gasteiger partial charge in [-0.25, -0.2) is 0 Å². The SMILES string of the molecule is CC(=O)N[C@H]1[C@H](O[C@H]2[C@H](O)[C@@H](NC(C)=O)C(O)O[C@@H]2CO)O[C@H](CO)[C@@H](O[C@@H]2O[C@H](CO[C@H]3O[C@H](CO[C@@H]4O[C@H](CO)[C@H](O)[C@H](O)[C@H]4O)[C@@H](O)[C@H](O)[C@@H]3O)[C@@H](O)[C@H](O[C@H]3O[C@H](CO)[C@@H](O)[C@H](O)[C@@H]3O[C@@H]3O[C@H](CO)[C@@H](O[C@@H]4O[C@H](CO)[C@H](O)[C@H](O)[C@H]4O)[C@H](O)[C@H]3NC(C)=O)[C@@H]2O)[C@@H]1O. The monoisotopic (exact) mass is 1440 g/mol. The Labute approximate surface area is 554 Å². The molecule has 0 saturated carbocycles. The Kier molecular flexibility index (Phi) is 28.9. The van der Waals surface area contributed by atoms with Gasteiger partial charge >= 0.3 is 0 Å². The Hall–Kier alpha value is -3.11. The van der Waals surface area contributed by atoms with Gasteiger partial charge in [0.1, 0.15) is 195 Å². The molecule has 40 atom stereocenters. The lowest BCUT2D eigenvalue weighted by molar-refractivity contribution is -0.397. The van der Waals surface area contributed by atoms with Crippen LogP contribution in [-0.2, 0) is 85.4 Å². The molecular formula is C54H91N3O41. The Morgan fingerprint density at radius 2 is 0.551 bits per heavy atom. The van der Waals surface area contributed by atoms with Crippen LogP contribution in [0.5, 0.6) is 0 Å². The van der Waals surface area contributed by atoms with Crippen molar-refractivity contribution in [3.8, 4) is 0 Å². The molecule has 8 rings (SSSR count). The summed E-state index contributed by atoms with van der Waals surface area (Å²) >= 11 is 0. The maximum atomic E-state index is 12.8. The molecule has 44 heteroatoms. The molecule has 8 aliphatic heterocycles. The fourth-order valence-corrected chi connectivity index (χ4v) is 12.5. The Morgan fingerprint density at radius 3 is 0.980 bits per heavy atom. The van der Waals surface area contributed by atoms with Crippen LogP contribution in [0.2, 0.25) is 0 Å². The van der Waals surface area contributed by atoms with E-state index in [4.69, 9.17) is 71.1 Å². The van der Waals surface area contributed by atoms with Crippen LogP contribution in [-0.4, -0.2) is 433 Å². The molecule has 8 fully saturated rings. The molecule has 26 N–H and O–H groups in total. The van der Waals surface area contributed by atoms with Gasteiger partial charge in [0.2, 0.25) is 17.7 Å². The van der Waals surface area contributed by atoms with Crippen LogP contribution >= 0.6 is 0 Å². The number of aliphatic hydroxyl groups is 23. The third-order valence-corrected chi connectivity index (χ3v) is 17.8. The predicted molar refractivity (Wildman–Crippen MR) is 299 cm³/mol. The van der Waals surface area contributed by atoms with E-state index >= 15 is 0 Å². The molecule has 98 heavy (non-hydrogen) atoms. The third kappa shape index (κ3) is 17.6. The van der Waals surface area contributed by atoms with E-state index < -0.39 is 316 Å². The first-order chi connectivity index (χ1) is 46.3. The number of hydrogen-bond donors (Lipinski definition) is 26. The highest BCUT2D eigenvalue weighted by molar-refractivity contribution is 5.74. The molecule has 0 bridgehead atoms. The summed E-state index contributed by atoms with van der Waals surface area (Å²) in [6.45, 7) is -5.16. The first-order valence-corrected chi connectivity index (χ1v) is 31.1. The molecular weight excluding hydrogens is 1350 g/mol. The first-order valence-electron chi connectivity index (χ1n) is 31.1. The Balaban J connectivity index is 1.10. The normalized spacial score (nSPS) is 49.5. The Morgan fingerprint density at radius 1 is 0.265 bits per heavy atom. The van der Waals surface area contributed by atoms with Crippen molar-refractivity contribution in [3.05, 3.63) is 0 Å². The number of nitrogens with one attached hydrogen (secondary N) is 3. The van der Waals surface area contributed by atoms with E-state index in [9.17, 15) is 132 Å². The van der Waals surface area contributed by atoms with Gasteiger partial charge in [0.25, 0.3) is 0 Å². The molecule has 8 saturated heterocycles. The van der Waals surface area contributed by atoms with E-state index in [0.29, 0.717) is 0 Å². The van der Waals surface area contributed by atoms with E-state index in [2.05, 4.69) is 16.0 Å². The topological polar surface area (TPSA) is 691 Å². The van der Waals surface area contributed by atoms with Gasteiger partial charge in [-0.3, -0.25) is 14.4 Å². The molecule has 8 aliphatic rings. The van der Waals surface area contributed by atoms with E-state index in [1.54, 1.807) is 0 Å². The first kappa shape index (κ1) is 80.6. The molecule has 0 aromatic carbocycles. The van der Waals surface area contributed by atoms with E-state index in [0.717, 1.165) is 20.8 Å². The number of carbonyl (C=O) groups excluding carboxylic acids is 3. The molecule has 8 heterocycles. The van der Waals surface area contributed by atoms with E-state index in [1.165, 1.54) is 0 Å². The van der Waals surface area contributed by atoms with Gasteiger partial charge in [0, 0.05) is 20.8 Å². The van der Waals surface area contributed by atoms with Gasteiger partial charge in [-0.15, -0.1) is 0 Å². The number of hydrogen-bond acceptors (Lipinski definition) is 41. The third-order valence-electron chi connectivity index (χ3n) is 17.8. The summed E-state index contributed by atoms with van der Waals surface area (Å²) < 4.78 is 87.1. The molecule has 0 aromatic heterocycles. The largest absolute Gasteiger partial charge is 0.394 e. The number of rotatable bonds is 25. The van der Waals surface area contributed by atoms with Gasteiger partial charge in [-0.1, -0.05) is 0 Å². The number of aliphatic hydroxyl groups excluding tert-OH is 23. The van der Waals surface area contributed by atoms with Gasteiger partial charge in [-0.05, 0) is 0 Å². The van der Waals surface area contributed by atoms with Crippen molar-refractivity contribution in [2.75, 3.05) is 52.9 Å². The molecule has 0 radical (unpaired) electrons. The van der Waals surface area contributed by atoms with Crippen LogP contribution in [0.4, 0.5) is 0 Å². The second-order valence-electron chi connectivity index (χ2n) is 24.7. The number of carbonyl (C=O) groups is 3. The minimum atomic E-state index is -2.49. The zero-order valence-corrected chi connectivity index (χ0v) is 52.4. The Bertz CT molecular complexity index is 2510. The van der Waals surface area contributed by atoms with Gasteiger partial charge in [-0.2, -0.15) is 0 Å². The molecule has 1 unspecified atom stereocenters. The van der Waals surface area contributed by atoms with Crippen molar-refractivity contribution in [3.63, 3.8) is 0 Å². The summed E-state index contributed by atoms with van der Waals surface area (Å²) in [6.07, 6.45) is -74.6. The maximum Gasteiger partial charge on any atom is 0.217 e. The van der Waals surface area contributed by atoms with Crippen LogP contribution in [0.25, 0.3) is 0 Å². The molecule has 568 valence electrons. The van der Waals surface area contributed by atoms with Crippen molar-refractivity contribution in [2.45, 2.75) is 266 Å². The molecule has 3 amide bonds. The smallest absolute Gasteiger partial charge is 0.217 e. The second kappa shape index (κ2) is 35.1. The predicted octanol–water partition coefficient (Wildman–Crippen LogP) is -18.0. The standard InChI is InChI=1S/C54H91N3O41/c1-12(64)55-23-31(72)42(18(7-61)86-47(23)83)94-48-24(56-13(2)65)32(73)44(20(9-63)90-48)96-53-41(82)45(30(71)22(93-53)11-85-51-39(80)36(77)29(70)21(92-51)10-84-50-38(79)34(75)26(67)15(4-58)87-50)97-54-46(37(78)28(69)17(6-60)89-54)98-49-25(57-14(3)66)33(74)43(19(8-62)91-49)95-52-40(81)35(76)27(68)16(5-59)88-52/h15-54,58-63,67-83H,4-11H2,1-3H3,(H,55,64)(H,56,65)(H,57,66)/t15-,16-,17-,18-,19-,20-,21-,22-,23-,24-,25-,26+,27+,28-,29-,30-,31-,32-,33-,34+,35+,36+,37+,38-,39+,40-,41+,42-,43-,44-,45+,46+,47?,48+,49+,50-,51+,52+,53+,54-/m1/s1. The van der Waals surface area contributed by atoms with E-state index in [1.807, 2.05) is 0 Å². The minimum Gasteiger partial charge on any atom is -0.394 e. The van der Waals surface area contributed by atoms with Crippen molar-refractivity contribution in [1.82, 2.24) is 16.0 Å². The summed E-state index contributed by atoms with van der Waals surface area (Å²) in [5.74, 6) is -2.60. The van der Waals surface area contributed by atoms with Crippen LogP contribution in [0.15, 0.2) is 0 Å². The average Bonchev–Trinajstić information content (AvgIpc) is 0.770. The fraction of sp³-hybridized carbons (Fsp3) is 0.944. The van der Waals surface area contributed by atoms with Crippen LogP contribution in [0.3, 0.4) is 0 Å². The molecule has 0 aromatic rings. The summed E-state index contributed by atoms with van der Waals surface area (Å²) in [4.78, 5) is 37.7. The van der Waals surface area contributed by atoms with Crippen molar-refractivity contribution in [1.29, 1.82) is 0 Å². The van der Waals surface area contributed by atoms with Crippen molar-refractivity contribution in [2.24, 2.45) is 0 Å². The second-order valence-corrected chi connectivity index (χ2v) is 24.7. The van der Waals surface area contributed by atoms with E-state index in [-0.39, 0.29) is 0 Å². The summed E-state index contributed by atoms with van der Waals surface area (Å²) in [5.41, 5.74) is 0. The summed E-state index contributed by atoms with van der Waals surface area (Å²) in [5, 5.41) is 258. The van der Waals surface area contributed by atoms with Crippen LogP contribution < -0.4 is 16.0 Å². The zero-order chi connectivity index (χ0) is 72.2. The number of amides is 3. The molecule has 44 nitrogen and oxygen atoms in total. The lowest BCUT2D eigenvalue weighted by Crippen LogP contribution is -2.71. The highest BCUT2D eigenvalue weighted by Gasteiger charge is 2.60. The van der Waals surface area contributed by atoms with Gasteiger partial charge in [0.05, 0.1) is 52.9 Å².